The Morgan fingerprint density at radius 3 is 2.81 bits per heavy atom. The van der Waals surface area contributed by atoms with Crippen LogP contribution in [0, 0.1) is 6.92 Å². The monoisotopic (exact) mass is 218 g/mol. The second-order valence-electron chi connectivity index (χ2n) is 4.41. The first-order valence-electron chi connectivity index (χ1n) is 5.77. The van der Waals surface area contributed by atoms with Crippen molar-refractivity contribution in [1.29, 1.82) is 0 Å². The average Bonchev–Trinajstić information content (AvgIpc) is 2.65. The summed E-state index contributed by atoms with van der Waals surface area (Å²) < 4.78 is 0. The summed E-state index contributed by atoms with van der Waals surface area (Å²) in [4.78, 5) is 13.4. The molecule has 3 nitrogen and oxygen atoms in total. The first kappa shape index (κ1) is 11.1. The minimum absolute atomic E-state index is 0.0664. The lowest BCUT2D eigenvalue weighted by Crippen LogP contribution is -2.33. The first-order valence-corrected chi connectivity index (χ1v) is 5.77. The quantitative estimate of drug-likeness (QED) is 0.838. The van der Waals surface area contributed by atoms with E-state index in [1.54, 1.807) is 0 Å². The summed E-state index contributed by atoms with van der Waals surface area (Å²) in [6, 6.07) is 8.03. The number of hydrogen-bond donors (Lipinski definition) is 1. The van der Waals surface area contributed by atoms with Crippen LogP contribution in [0.5, 0.6) is 0 Å². The van der Waals surface area contributed by atoms with Crippen LogP contribution in [0.15, 0.2) is 24.3 Å². The van der Waals surface area contributed by atoms with E-state index < -0.39 is 0 Å². The Morgan fingerprint density at radius 2 is 2.19 bits per heavy atom. The lowest BCUT2D eigenvalue weighted by Gasteiger charge is -2.22. The highest BCUT2D eigenvalue weighted by Gasteiger charge is 2.22. The predicted octanol–water partition coefficient (Wildman–Crippen LogP) is 1.62. The molecule has 1 aromatic rings. The molecule has 1 heterocycles. The van der Waals surface area contributed by atoms with Gasteiger partial charge in [0.2, 0.25) is 5.91 Å². The Balaban J connectivity index is 2.05. The SMILES string of the molecule is Cc1ccccc1C(N)CN1CCCC1=O. The van der Waals surface area contributed by atoms with Crippen molar-refractivity contribution in [2.45, 2.75) is 25.8 Å². The molecule has 86 valence electrons. The molecule has 1 aromatic carbocycles. The number of benzene rings is 1. The number of likely N-dealkylation sites (tertiary alicyclic amines) is 1. The van der Waals surface area contributed by atoms with Crippen molar-refractivity contribution in [3.8, 4) is 0 Å². The second-order valence-corrected chi connectivity index (χ2v) is 4.41. The van der Waals surface area contributed by atoms with Crippen molar-refractivity contribution in [3.63, 3.8) is 0 Å². The summed E-state index contributed by atoms with van der Waals surface area (Å²) in [5, 5.41) is 0. The molecule has 0 aromatic heterocycles. The molecular weight excluding hydrogens is 200 g/mol. The summed E-state index contributed by atoms with van der Waals surface area (Å²) in [6.07, 6.45) is 1.65. The van der Waals surface area contributed by atoms with Crippen LogP contribution in [0.2, 0.25) is 0 Å². The molecule has 0 aliphatic carbocycles. The molecule has 16 heavy (non-hydrogen) atoms. The van der Waals surface area contributed by atoms with E-state index in [0.717, 1.165) is 18.5 Å². The third kappa shape index (κ3) is 2.25. The molecule has 1 aliphatic heterocycles. The van der Waals surface area contributed by atoms with E-state index in [1.165, 1.54) is 5.56 Å². The number of carbonyl (C=O) groups excluding carboxylic acids is 1. The maximum absolute atomic E-state index is 11.5. The molecule has 1 saturated heterocycles. The fraction of sp³-hybridized carbons (Fsp3) is 0.462. The van der Waals surface area contributed by atoms with E-state index in [4.69, 9.17) is 5.73 Å². The lowest BCUT2D eigenvalue weighted by molar-refractivity contribution is -0.127. The number of amides is 1. The average molecular weight is 218 g/mol. The van der Waals surface area contributed by atoms with Gasteiger partial charge in [-0.05, 0) is 24.5 Å². The van der Waals surface area contributed by atoms with Gasteiger partial charge in [0.15, 0.2) is 0 Å². The van der Waals surface area contributed by atoms with Crippen molar-refractivity contribution in [2.75, 3.05) is 13.1 Å². The molecule has 3 heteroatoms. The fourth-order valence-electron chi connectivity index (χ4n) is 2.24. The molecular formula is C13H18N2O. The third-order valence-corrected chi connectivity index (χ3v) is 3.18. The van der Waals surface area contributed by atoms with Gasteiger partial charge in [-0.1, -0.05) is 24.3 Å². The van der Waals surface area contributed by atoms with Crippen molar-refractivity contribution >= 4 is 5.91 Å². The van der Waals surface area contributed by atoms with E-state index in [-0.39, 0.29) is 11.9 Å². The van der Waals surface area contributed by atoms with Gasteiger partial charge in [0.1, 0.15) is 0 Å². The van der Waals surface area contributed by atoms with Gasteiger partial charge in [0.05, 0.1) is 0 Å². The van der Waals surface area contributed by atoms with Crippen LogP contribution < -0.4 is 5.73 Å². The number of rotatable bonds is 3. The highest BCUT2D eigenvalue weighted by Crippen LogP contribution is 2.19. The molecule has 1 unspecified atom stereocenters. The van der Waals surface area contributed by atoms with Gasteiger partial charge in [-0.25, -0.2) is 0 Å². The summed E-state index contributed by atoms with van der Waals surface area (Å²) in [7, 11) is 0. The number of nitrogens with zero attached hydrogens (tertiary/aromatic N) is 1. The Kier molecular flexibility index (Phi) is 3.25. The van der Waals surface area contributed by atoms with Gasteiger partial charge in [0, 0.05) is 25.6 Å². The molecule has 1 amide bonds. The van der Waals surface area contributed by atoms with E-state index in [2.05, 4.69) is 13.0 Å². The van der Waals surface area contributed by atoms with Gasteiger partial charge in [-0.15, -0.1) is 0 Å². The van der Waals surface area contributed by atoms with Crippen molar-refractivity contribution in [1.82, 2.24) is 4.90 Å². The Hall–Kier alpha value is -1.35. The Bertz CT molecular complexity index is 389. The standard InChI is InChI=1S/C13H18N2O/c1-10-5-2-3-6-11(10)12(14)9-15-8-4-7-13(15)16/h2-3,5-6,12H,4,7-9,14H2,1H3. The van der Waals surface area contributed by atoms with Crippen molar-refractivity contribution < 1.29 is 4.79 Å². The van der Waals surface area contributed by atoms with Gasteiger partial charge < -0.3 is 10.6 Å². The zero-order valence-corrected chi connectivity index (χ0v) is 9.65. The van der Waals surface area contributed by atoms with Crippen LogP contribution in [-0.2, 0) is 4.79 Å². The van der Waals surface area contributed by atoms with E-state index >= 15 is 0 Å². The van der Waals surface area contributed by atoms with Gasteiger partial charge >= 0.3 is 0 Å². The number of hydrogen-bond acceptors (Lipinski definition) is 2. The van der Waals surface area contributed by atoms with Crippen LogP contribution in [-0.4, -0.2) is 23.9 Å². The predicted molar refractivity (Wildman–Crippen MR) is 63.9 cm³/mol. The van der Waals surface area contributed by atoms with Crippen LogP contribution >= 0.6 is 0 Å². The number of aryl methyl sites for hydroxylation is 1. The van der Waals surface area contributed by atoms with Crippen LogP contribution in [0.4, 0.5) is 0 Å². The Labute approximate surface area is 96.2 Å². The zero-order valence-electron chi connectivity index (χ0n) is 9.65. The van der Waals surface area contributed by atoms with E-state index in [0.29, 0.717) is 13.0 Å². The highest BCUT2D eigenvalue weighted by atomic mass is 16.2. The molecule has 1 atom stereocenters. The molecule has 1 aliphatic rings. The first-order chi connectivity index (χ1) is 7.68. The van der Waals surface area contributed by atoms with Gasteiger partial charge in [0.25, 0.3) is 0 Å². The fourth-order valence-corrected chi connectivity index (χ4v) is 2.24. The van der Waals surface area contributed by atoms with Crippen molar-refractivity contribution in [2.24, 2.45) is 5.73 Å². The smallest absolute Gasteiger partial charge is 0.222 e. The van der Waals surface area contributed by atoms with E-state index in [9.17, 15) is 4.79 Å². The van der Waals surface area contributed by atoms with Crippen molar-refractivity contribution in [3.05, 3.63) is 35.4 Å². The summed E-state index contributed by atoms with van der Waals surface area (Å²) in [6.45, 7) is 3.56. The molecule has 0 saturated carbocycles. The summed E-state index contributed by atoms with van der Waals surface area (Å²) in [5.74, 6) is 0.240. The second kappa shape index (κ2) is 4.66. The lowest BCUT2D eigenvalue weighted by atomic mass is 10.0. The zero-order chi connectivity index (χ0) is 11.5. The molecule has 0 bridgehead atoms. The minimum atomic E-state index is -0.0664. The van der Waals surface area contributed by atoms with Crippen LogP contribution in [0.25, 0.3) is 0 Å². The maximum Gasteiger partial charge on any atom is 0.222 e. The molecule has 1 fully saturated rings. The summed E-state index contributed by atoms with van der Waals surface area (Å²) in [5.41, 5.74) is 8.48. The number of carbonyl (C=O) groups is 1. The molecule has 2 rings (SSSR count). The normalized spacial score (nSPS) is 17.9. The molecule has 2 N–H and O–H groups in total. The van der Waals surface area contributed by atoms with Crippen LogP contribution in [0.3, 0.4) is 0 Å². The van der Waals surface area contributed by atoms with Crippen LogP contribution in [0.1, 0.15) is 30.0 Å². The maximum atomic E-state index is 11.5. The summed E-state index contributed by atoms with van der Waals surface area (Å²) >= 11 is 0. The van der Waals surface area contributed by atoms with Gasteiger partial charge in [-0.2, -0.15) is 0 Å². The largest absolute Gasteiger partial charge is 0.341 e. The number of nitrogens with two attached hydrogens (primary N) is 1. The van der Waals surface area contributed by atoms with E-state index in [1.807, 2.05) is 23.1 Å². The minimum Gasteiger partial charge on any atom is -0.341 e. The van der Waals surface area contributed by atoms with Gasteiger partial charge in [-0.3, -0.25) is 4.79 Å². The Morgan fingerprint density at radius 1 is 1.44 bits per heavy atom. The topological polar surface area (TPSA) is 46.3 Å². The highest BCUT2D eigenvalue weighted by molar-refractivity contribution is 5.78. The third-order valence-electron chi connectivity index (χ3n) is 3.18. The molecule has 0 radical (unpaired) electrons. The molecule has 0 spiro atoms.